The molecular weight excluding hydrogens is 198 g/mol. The Balaban J connectivity index is 2.23. The molecule has 0 atom stereocenters. The number of hydrogen-bond acceptors (Lipinski definition) is 2. The van der Waals surface area contributed by atoms with Crippen molar-refractivity contribution in [2.24, 2.45) is 0 Å². The fourth-order valence-electron chi connectivity index (χ4n) is 1.86. The lowest BCUT2D eigenvalue weighted by Gasteiger charge is -2.03. The van der Waals surface area contributed by atoms with Gasteiger partial charge in [-0.3, -0.25) is 9.78 Å². The first-order valence-electron chi connectivity index (χ1n) is 6.27. The first kappa shape index (κ1) is 12.9. The highest BCUT2D eigenvalue weighted by molar-refractivity contribution is 5.73. The number of aromatic nitrogens is 1. The molecule has 16 heavy (non-hydrogen) atoms. The van der Waals surface area contributed by atoms with Crippen LogP contribution in [-0.2, 0) is 6.42 Å². The zero-order valence-electron chi connectivity index (χ0n) is 10.1. The van der Waals surface area contributed by atoms with Crippen molar-refractivity contribution in [2.75, 3.05) is 0 Å². The van der Waals surface area contributed by atoms with Crippen LogP contribution in [0.15, 0.2) is 18.3 Å². The molecule has 0 amide bonds. The van der Waals surface area contributed by atoms with Crippen LogP contribution in [0.4, 0.5) is 0 Å². The number of hydrogen-bond donors (Lipinski definition) is 0. The van der Waals surface area contributed by atoms with Crippen LogP contribution in [0.5, 0.6) is 0 Å². The highest BCUT2D eigenvalue weighted by Gasteiger charge is 2.01. The van der Waals surface area contributed by atoms with Gasteiger partial charge in [0, 0.05) is 6.20 Å². The van der Waals surface area contributed by atoms with Gasteiger partial charge in [0.05, 0.1) is 0 Å². The average Bonchev–Trinajstić information content (AvgIpc) is 2.34. The summed E-state index contributed by atoms with van der Waals surface area (Å²) in [7, 11) is 0. The van der Waals surface area contributed by atoms with Gasteiger partial charge in [0.15, 0.2) is 6.29 Å². The largest absolute Gasteiger partial charge is 0.296 e. The highest BCUT2D eigenvalue weighted by Crippen LogP contribution is 2.11. The SMILES string of the molecule is CCCCCCCCc1cccnc1C=O. The number of unbranched alkanes of at least 4 members (excludes halogenated alkanes) is 5. The van der Waals surface area contributed by atoms with Gasteiger partial charge in [0.1, 0.15) is 5.69 Å². The van der Waals surface area contributed by atoms with Gasteiger partial charge in [-0.15, -0.1) is 0 Å². The lowest BCUT2D eigenvalue weighted by Crippen LogP contribution is -1.95. The predicted octanol–water partition coefficient (Wildman–Crippen LogP) is 3.80. The molecule has 88 valence electrons. The summed E-state index contributed by atoms with van der Waals surface area (Å²) in [6, 6.07) is 3.90. The zero-order valence-corrected chi connectivity index (χ0v) is 10.1. The van der Waals surface area contributed by atoms with Gasteiger partial charge in [-0.25, -0.2) is 0 Å². The molecule has 0 saturated heterocycles. The summed E-state index contributed by atoms with van der Waals surface area (Å²) in [5, 5.41) is 0. The molecule has 0 fully saturated rings. The highest BCUT2D eigenvalue weighted by atomic mass is 16.1. The molecule has 0 aliphatic carbocycles. The number of carbonyl (C=O) groups excluding carboxylic acids is 1. The molecule has 0 aromatic carbocycles. The molecule has 0 N–H and O–H groups in total. The molecular formula is C14H21NO. The van der Waals surface area contributed by atoms with Crippen LogP contribution >= 0.6 is 0 Å². The van der Waals surface area contributed by atoms with Gasteiger partial charge >= 0.3 is 0 Å². The number of pyridine rings is 1. The number of nitrogens with zero attached hydrogens (tertiary/aromatic N) is 1. The summed E-state index contributed by atoms with van der Waals surface area (Å²) in [4.78, 5) is 14.8. The monoisotopic (exact) mass is 219 g/mol. The first-order valence-corrected chi connectivity index (χ1v) is 6.27. The van der Waals surface area contributed by atoms with E-state index in [1.54, 1.807) is 6.20 Å². The standard InChI is InChI=1S/C14H21NO/c1-2-3-4-5-6-7-9-13-10-8-11-15-14(13)12-16/h8,10-12H,2-7,9H2,1H3. The molecule has 2 heteroatoms. The van der Waals surface area contributed by atoms with E-state index < -0.39 is 0 Å². The van der Waals surface area contributed by atoms with Crippen molar-refractivity contribution in [1.82, 2.24) is 4.98 Å². The summed E-state index contributed by atoms with van der Waals surface area (Å²) < 4.78 is 0. The third-order valence-corrected chi connectivity index (χ3v) is 2.84. The van der Waals surface area contributed by atoms with Crippen LogP contribution in [0.1, 0.15) is 61.5 Å². The average molecular weight is 219 g/mol. The fourth-order valence-corrected chi connectivity index (χ4v) is 1.86. The van der Waals surface area contributed by atoms with Crippen LogP contribution in [0.3, 0.4) is 0 Å². The van der Waals surface area contributed by atoms with E-state index in [4.69, 9.17) is 0 Å². The van der Waals surface area contributed by atoms with E-state index in [-0.39, 0.29) is 0 Å². The Hall–Kier alpha value is -1.18. The van der Waals surface area contributed by atoms with E-state index in [0.717, 1.165) is 24.7 Å². The van der Waals surface area contributed by atoms with Crippen LogP contribution in [0.25, 0.3) is 0 Å². The maximum absolute atomic E-state index is 10.7. The Morgan fingerprint density at radius 3 is 2.69 bits per heavy atom. The van der Waals surface area contributed by atoms with Gasteiger partial charge in [-0.1, -0.05) is 45.1 Å². The van der Waals surface area contributed by atoms with E-state index in [1.807, 2.05) is 12.1 Å². The lowest BCUT2D eigenvalue weighted by molar-refractivity contribution is 0.111. The van der Waals surface area contributed by atoms with Gasteiger partial charge in [-0.05, 0) is 24.5 Å². The molecule has 1 heterocycles. The Bertz CT molecular complexity index is 309. The van der Waals surface area contributed by atoms with Gasteiger partial charge in [0.25, 0.3) is 0 Å². The predicted molar refractivity (Wildman–Crippen MR) is 66.7 cm³/mol. The second kappa shape index (κ2) is 8.03. The topological polar surface area (TPSA) is 30.0 Å². The maximum atomic E-state index is 10.7. The molecule has 1 aromatic rings. The Morgan fingerprint density at radius 2 is 1.94 bits per heavy atom. The molecule has 1 rings (SSSR count). The molecule has 1 aromatic heterocycles. The van der Waals surface area contributed by atoms with Crippen LogP contribution in [-0.4, -0.2) is 11.3 Å². The molecule has 0 aliphatic heterocycles. The Kier molecular flexibility index (Phi) is 6.47. The quantitative estimate of drug-likeness (QED) is 0.491. The van der Waals surface area contributed by atoms with Crippen molar-refractivity contribution in [1.29, 1.82) is 0 Å². The molecule has 0 spiro atoms. The van der Waals surface area contributed by atoms with Crippen molar-refractivity contribution in [3.63, 3.8) is 0 Å². The zero-order chi connectivity index (χ0) is 11.6. The fraction of sp³-hybridized carbons (Fsp3) is 0.571. The number of aryl methyl sites for hydroxylation is 1. The van der Waals surface area contributed by atoms with Crippen molar-refractivity contribution in [2.45, 2.75) is 51.9 Å². The Labute approximate surface area is 98.1 Å². The molecule has 0 saturated carbocycles. The molecule has 0 aliphatic rings. The Morgan fingerprint density at radius 1 is 1.19 bits per heavy atom. The second-order valence-corrected chi connectivity index (χ2v) is 4.18. The molecule has 0 radical (unpaired) electrons. The number of carbonyl (C=O) groups is 1. The van der Waals surface area contributed by atoms with Crippen LogP contribution in [0, 0.1) is 0 Å². The summed E-state index contributed by atoms with van der Waals surface area (Å²) in [5.74, 6) is 0. The number of rotatable bonds is 8. The van der Waals surface area contributed by atoms with E-state index in [0.29, 0.717) is 5.69 Å². The summed E-state index contributed by atoms with van der Waals surface area (Å²) >= 11 is 0. The summed E-state index contributed by atoms with van der Waals surface area (Å²) in [5.41, 5.74) is 1.70. The van der Waals surface area contributed by atoms with Crippen LogP contribution < -0.4 is 0 Å². The minimum absolute atomic E-state index is 0.607. The smallest absolute Gasteiger partial charge is 0.168 e. The molecule has 0 bridgehead atoms. The van der Waals surface area contributed by atoms with Gasteiger partial charge in [-0.2, -0.15) is 0 Å². The third kappa shape index (κ3) is 4.56. The van der Waals surface area contributed by atoms with Crippen molar-refractivity contribution >= 4 is 6.29 Å². The first-order chi connectivity index (χ1) is 7.88. The van der Waals surface area contributed by atoms with Gasteiger partial charge in [0.2, 0.25) is 0 Å². The van der Waals surface area contributed by atoms with E-state index in [9.17, 15) is 4.79 Å². The minimum atomic E-state index is 0.607. The normalized spacial score (nSPS) is 10.3. The summed E-state index contributed by atoms with van der Waals surface area (Å²) in [6.07, 6.45) is 11.2. The van der Waals surface area contributed by atoms with Crippen LogP contribution in [0.2, 0.25) is 0 Å². The van der Waals surface area contributed by atoms with E-state index >= 15 is 0 Å². The second-order valence-electron chi connectivity index (χ2n) is 4.18. The molecule has 2 nitrogen and oxygen atoms in total. The maximum Gasteiger partial charge on any atom is 0.168 e. The van der Waals surface area contributed by atoms with Gasteiger partial charge < -0.3 is 0 Å². The lowest BCUT2D eigenvalue weighted by atomic mass is 10.0. The summed E-state index contributed by atoms with van der Waals surface area (Å²) in [6.45, 7) is 2.23. The van der Waals surface area contributed by atoms with Crippen molar-refractivity contribution < 1.29 is 4.79 Å². The van der Waals surface area contributed by atoms with E-state index in [1.165, 1.54) is 32.1 Å². The van der Waals surface area contributed by atoms with E-state index in [2.05, 4.69) is 11.9 Å². The minimum Gasteiger partial charge on any atom is -0.296 e. The number of aldehydes is 1. The van der Waals surface area contributed by atoms with Crippen molar-refractivity contribution in [3.8, 4) is 0 Å². The molecule has 0 unspecified atom stereocenters. The third-order valence-electron chi connectivity index (χ3n) is 2.84. The van der Waals surface area contributed by atoms with Crippen molar-refractivity contribution in [3.05, 3.63) is 29.6 Å².